The summed E-state index contributed by atoms with van der Waals surface area (Å²) in [7, 11) is 0. The van der Waals surface area contributed by atoms with Gasteiger partial charge < -0.3 is 5.73 Å². The monoisotopic (exact) mass is 240 g/mol. The Balaban J connectivity index is 2.28. The molecule has 2 nitrogen and oxygen atoms in total. The van der Waals surface area contributed by atoms with Crippen molar-refractivity contribution in [1.82, 2.24) is 4.98 Å². The summed E-state index contributed by atoms with van der Waals surface area (Å²) in [6.07, 6.45) is 2.83. The Labute approximate surface area is 109 Å². The van der Waals surface area contributed by atoms with Gasteiger partial charge in [-0.2, -0.15) is 0 Å². The van der Waals surface area contributed by atoms with Gasteiger partial charge in [-0.15, -0.1) is 0 Å². The molecule has 0 unspecified atom stereocenters. The van der Waals surface area contributed by atoms with Crippen molar-refractivity contribution in [2.45, 2.75) is 27.2 Å². The van der Waals surface area contributed by atoms with Crippen molar-refractivity contribution in [3.05, 3.63) is 47.7 Å². The van der Waals surface area contributed by atoms with E-state index >= 15 is 0 Å². The van der Waals surface area contributed by atoms with Crippen LogP contribution < -0.4 is 5.73 Å². The lowest BCUT2D eigenvalue weighted by Crippen LogP contribution is -1.95. The summed E-state index contributed by atoms with van der Waals surface area (Å²) in [4.78, 5) is 4.41. The van der Waals surface area contributed by atoms with E-state index in [1.807, 2.05) is 13.0 Å². The molecule has 2 heteroatoms. The molecule has 0 spiro atoms. The number of nitrogens with two attached hydrogens (primary N) is 1. The summed E-state index contributed by atoms with van der Waals surface area (Å²) in [5.41, 5.74) is 11.1. The lowest BCUT2D eigenvalue weighted by molar-refractivity contribution is 0.647. The van der Waals surface area contributed by atoms with Crippen molar-refractivity contribution >= 4 is 5.69 Å². The third-order valence-corrected chi connectivity index (χ3v) is 2.97. The Kier molecular flexibility index (Phi) is 3.66. The standard InChI is InChI=1S/C16H20N2/c1-11(2)8-13-4-6-14(7-5-13)16-12(3)9-15(17)10-18-16/h4-7,9-11H,8,17H2,1-3H3. The average Bonchev–Trinajstić information content (AvgIpc) is 2.30. The second-order valence-electron chi connectivity index (χ2n) is 5.23. The summed E-state index contributed by atoms with van der Waals surface area (Å²) in [6, 6.07) is 10.6. The van der Waals surface area contributed by atoms with E-state index < -0.39 is 0 Å². The zero-order chi connectivity index (χ0) is 13.1. The predicted molar refractivity (Wildman–Crippen MR) is 77.4 cm³/mol. The van der Waals surface area contributed by atoms with Crippen molar-refractivity contribution in [3.8, 4) is 11.3 Å². The van der Waals surface area contributed by atoms with Crippen LogP contribution in [0.1, 0.15) is 25.0 Å². The number of anilines is 1. The fourth-order valence-electron chi connectivity index (χ4n) is 2.17. The van der Waals surface area contributed by atoms with Gasteiger partial charge in [-0.05, 0) is 36.5 Å². The van der Waals surface area contributed by atoms with E-state index in [0.29, 0.717) is 11.6 Å². The molecule has 0 bridgehead atoms. The van der Waals surface area contributed by atoms with Gasteiger partial charge in [0.2, 0.25) is 0 Å². The minimum absolute atomic E-state index is 0.687. The van der Waals surface area contributed by atoms with Crippen molar-refractivity contribution in [1.29, 1.82) is 0 Å². The van der Waals surface area contributed by atoms with Crippen molar-refractivity contribution in [3.63, 3.8) is 0 Å². The first-order valence-corrected chi connectivity index (χ1v) is 6.37. The molecular formula is C16H20N2. The molecule has 1 aromatic heterocycles. The fourth-order valence-corrected chi connectivity index (χ4v) is 2.17. The molecule has 1 heterocycles. The molecule has 2 rings (SSSR count). The second-order valence-corrected chi connectivity index (χ2v) is 5.23. The number of aryl methyl sites for hydroxylation is 1. The summed E-state index contributed by atoms with van der Waals surface area (Å²) in [5, 5.41) is 0. The van der Waals surface area contributed by atoms with Gasteiger partial charge in [0, 0.05) is 5.56 Å². The number of nitrogens with zero attached hydrogens (tertiary/aromatic N) is 1. The molecule has 0 aliphatic heterocycles. The molecule has 0 aliphatic carbocycles. The first kappa shape index (κ1) is 12.6. The molecule has 2 aromatic rings. The molecule has 18 heavy (non-hydrogen) atoms. The number of aromatic nitrogens is 1. The average molecular weight is 240 g/mol. The number of pyridine rings is 1. The molecule has 0 fully saturated rings. The van der Waals surface area contributed by atoms with Crippen LogP contribution in [0, 0.1) is 12.8 Å². The molecule has 0 saturated carbocycles. The molecule has 0 amide bonds. The SMILES string of the molecule is Cc1cc(N)cnc1-c1ccc(CC(C)C)cc1. The van der Waals surface area contributed by atoms with Crippen LogP contribution in [-0.2, 0) is 6.42 Å². The van der Waals surface area contributed by atoms with Crippen LogP contribution in [0.15, 0.2) is 36.5 Å². The molecule has 0 atom stereocenters. The zero-order valence-corrected chi connectivity index (χ0v) is 11.3. The minimum Gasteiger partial charge on any atom is -0.397 e. The van der Waals surface area contributed by atoms with E-state index in [2.05, 4.69) is 43.1 Å². The Morgan fingerprint density at radius 3 is 2.39 bits per heavy atom. The van der Waals surface area contributed by atoms with Crippen LogP contribution in [0.5, 0.6) is 0 Å². The summed E-state index contributed by atoms with van der Waals surface area (Å²) in [5.74, 6) is 0.687. The Hall–Kier alpha value is -1.83. The van der Waals surface area contributed by atoms with E-state index in [1.54, 1.807) is 6.20 Å². The van der Waals surface area contributed by atoms with E-state index in [0.717, 1.165) is 23.2 Å². The molecule has 94 valence electrons. The second kappa shape index (κ2) is 5.21. The number of nitrogen functional groups attached to an aromatic ring is 1. The van der Waals surface area contributed by atoms with E-state index in [1.165, 1.54) is 5.56 Å². The van der Waals surface area contributed by atoms with E-state index in [-0.39, 0.29) is 0 Å². The van der Waals surface area contributed by atoms with Gasteiger partial charge in [-0.3, -0.25) is 4.98 Å². The van der Waals surface area contributed by atoms with Crippen LogP contribution in [0.3, 0.4) is 0 Å². The predicted octanol–water partition coefficient (Wildman–Crippen LogP) is 3.84. The highest BCUT2D eigenvalue weighted by Crippen LogP contribution is 2.23. The molecule has 0 saturated heterocycles. The van der Waals surface area contributed by atoms with Gasteiger partial charge in [0.1, 0.15) is 0 Å². The van der Waals surface area contributed by atoms with Crippen molar-refractivity contribution < 1.29 is 0 Å². The molecule has 2 N–H and O–H groups in total. The number of hydrogen-bond donors (Lipinski definition) is 1. The van der Waals surface area contributed by atoms with Crippen molar-refractivity contribution in [2.24, 2.45) is 5.92 Å². The number of rotatable bonds is 3. The van der Waals surface area contributed by atoms with Crippen LogP contribution in [-0.4, -0.2) is 4.98 Å². The lowest BCUT2D eigenvalue weighted by atomic mass is 10.00. The third-order valence-electron chi connectivity index (χ3n) is 2.97. The summed E-state index contributed by atoms with van der Waals surface area (Å²) in [6.45, 7) is 6.51. The first-order valence-electron chi connectivity index (χ1n) is 6.37. The third kappa shape index (κ3) is 2.89. The number of benzene rings is 1. The highest BCUT2D eigenvalue weighted by atomic mass is 14.7. The maximum atomic E-state index is 5.72. The molecule has 0 aliphatic rings. The molecule has 1 aromatic carbocycles. The summed E-state index contributed by atoms with van der Waals surface area (Å²) >= 11 is 0. The Bertz CT molecular complexity index is 527. The fraction of sp³-hybridized carbons (Fsp3) is 0.312. The smallest absolute Gasteiger partial charge is 0.0732 e. The lowest BCUT2D eigenvalue weighted by Gasteiger charge is -2.08. The molecule has 0 radical (unpaired) electrons. The Morgan fingerprint density at radius 1 is 1.17 bits per heavy atom. The quantitative estimate of drug-likeness (QED) is 0.885. The van der Waals surface area contributed by atoms with Crippen LogP contribution in [0.2, 0.25) is 0 Å². The van der Waals surface area contributed by atoms with Crippen LogP contribution in [0.25, 0.3) is 11.3 Å². The van der Waals surface area contributed by atoms with Gasteiger partial charge in [0.05, 0.1) is 17.6 Å². The summed E-state index contributed by atoms with van der Waals surface area (Å²) < 4.78 is 0. The van der Waals surface area contributed by atoms with Crippen LogP contribution in [0.4, 0.5) is 5.69 Å². The molecular weight excluding hydrogens is 220 g/mol. The largest absolute Gasteiger partial charge is 0.397 e. The van der Waals surface area contributed by atoms with Gasteiger partial charge >= 0.3 is 0 Å². The van der Waals surface area contributed by atoms with Gasteiger partial charge in [-0.1, -0.05) is 38.1 Å². The first-order chi connectivity index (χ1) is 8.56. The van der Waals surface area contributed by atoms with E-state index in [9.17, 15) is 0 Å². The Morgan fingerprint density at radius 2 is 1.83 bits per heavy atom. The van der Waals surface area contributed by atoms with E-state index in [4.69, 9.17) is 5.73 Å². The maximum Gasteiger partial charge on any atom is 0.0732 e. The topological polar surface area (TPSA) is 38.9 Å². The van der Waals surface area contributed by atoms with Gasteiger partial charge in [0.25, 0.3) is 0 Å². The highest BCUT2D eigenvalue weighted by Gasteiger charge is 2.04. The maximum absolute atomic E-state index is 5.72. The van der Waals surface area contributed by atoms with Gasteiger partial charge in [-0.25, -0.2) is 0 Å². The number of hydrogen-bond acceptors (Lipinski definition) is 2. The zero-order valence-electron chi connectivity index (χ0n) is 11.3. The van der Waals surface area contributed by atoms with Crippen molar-refractivity contribution in [2.75, 3.05) is 5.73 Å². The van der Waals surface area contributed by atoms with Crippen LogP contribution >= 0.6 is 0 Å². The minimum atomic E-state index is 0.687. The normalized spacial score (nSPS) is 10.9. The highest BCUT2D eigenvalue weighted by molar-refractivity contribution is 5.65. The van der Waals surface area contributed by atoms with Gasteiger partial charge in [0.15, 0.2) is 0 Å².